The molecule has 3 fully saturated rings. The molecule has 0 radical (unpaired) electrons. The SMILES string of the molecule is N=S(=O)(c1cc(Nc2cc(C3CC3)[nH]n2)ccc1-c1cnc(C2CCCCC2)s1)C1CC1. The Balaban J connectivity index is 1.33. The van der Waals surface area contributed by atoms with Crippen molar-refractivity contribution < 1.29 is 4.21 Å². The first-order valence-electron chi connectivity index (χ1n) is 11.8. The van der Waals surface area contributed by atoms with Crippen molar-refractivity contribution in [2.45, 2.75) is 79.8 Å². The van der Waals surface area contributed by atoms with E-state index in [0.29, 0.717) is 16.7 Å². The molecule has 3 aliphatic rings. The summed E-state index contributed by atoms with van der Waals surface area (Å²) in [5.41, 5.74) is 2.91. The number of hydrogen-bond donors (Lipinski definition) is 3. The highest BCUT2D eigenvalue weighted by atomic mass is 32.2. The van der Waals surface area contributed by atoms with Crippen molar-refractivity contribution in [1.82, 2.24) is 15.2 Å². The van der Waals surface area contributed by atoms with Crippen LogP contribution in [0.3, 0.4) is 0 Å². The van der Waals surface area contributed by atoms with Crippen LogP contribution in [0.5, 0.6) is 0 Å². The second-order valence-corrected chi connectivity index (χ2v) is 12.9. The normalized spacial score (nSPS) is 21.4. The summed E-state index contributed by atoms with van der Waals surface area (Å²) in [6, 6.07) is 7.99. The maximum absolute atomic E-state index is 13.6. The molecule has 0 aliphatic heterocycles. The predicted molar refractivity (Wildman–Crippen MR) is 129 cm³/mol. The summed E-state index contributed by atoms with van der Waals surface area (Å²) in [6.07, 6.45) is 12.4. The van der Waals surface area contributed by atoms with Gasteiger partial charge in [0, 0.05) is 46.3 Å². The van der Waals surface area contributed by atoms with Crippen molar-refractivity contribution >= 4 is 32.6 Å². The highest BCUT2D eigenvalue weighted by molar-refractivity contribution is 7.93. The second-order valence-electron chi connectivity index (χ2n) is 9.52. The molecule has 168 valence electrons. The molecule has 6 rings (SSSR count). The fourth-order valence-electron chi connectivity index (χ4n) is 4.74. The number of thiazole rings is 1. The summed E-state index contributed by atoms with van der Waals surface area (Å²) >= 11 is 1.72. The Morgan fingerprint density at radius 1 is 1.03 bits per heavy atom. The minimum Gasteiger partial charge on any atom is -0.339 e. The average molecular weight is 468 g/mol. The summed E-state index contributed by atoms with van der Waals surface area (Å²) in [7, 11) is -2.86. The van der Waals surface area contributed by atoms with E-state index in [2.05, 4.69) is 21.6 Å². The molecule has 6 nitrogen and oxygen atoms in total. The van der Waals surface area contributed by atoms with E-state index in [1.165, 1.54) is 55.6 Å². The summed E-state index contributed by atoms with van der Waals surface area (Å²) in [5.74, 6) is 1.93. The van der Waals surface area contributed by atoms with Gasteiger partial charge in [-0.15, -0.1) is 11.3 Å². The number of nitrogens with one attached hydrogen (secondary N) is 3. The number of nitrogens with zero attached hydrogens (tertiary/aromatic N) is 2. The van der Waals surface area contributed by atoms with Crippen LogP contribution in [0, 0.1) is 4.78 Å². The number of benzene rings is 1. The smallest absolute Gasteiger partial charge is 0.152 e. The molecule has 1 unspecified atom stereocenters. The Bertz CT molecular complexity index is 1230. The predicted octanol–water partition coefficient (Wildman–Crippen LogP) is 6.77. The van der Waals surface area contributed by atoms with Gasteiger partial charge >= 0.3 is 0 Å². The number of aromatic nitrogens is 3. The second kappa shape index (κ2) is 7.99. The third-order valence-corrected chi connectivity index (χ3v) is 10.5. The van der Waals surface area contributed by atoms with E-state index in [9.17, 15) is 4.21 Å². The van der Waals surface area contributed by atoms with Crippen LogP contribution in [0.2, 0.25) is 0 Å². The van der Waals surface area contributed by atoms with E-state index in [4.69, 9.17) is 9.76 Å². The molecule has 32 heavy (non-hydrogen) atoms. The minimum atomic E-state index is -2.86. The van der Waals surface area contributed by atoms with Gasteiger partial charge in [0.1, 0.15) is 0 Å². The van der Waals surface area contributed by atoms with Gasteiger partial charge in [-0.2, -0.15) is 5.10 Å². The molecule has 2 heterocycles. The molecule has 0 saturated heterocycles. The van der Waals surface area contributed by atoms with Gasteiger partial charge in [0.2, 0.25) is 0 Å². The lowest BCUT2D eigenvalue weighted by atomic mass is 9.90. The monoisotopic (exact) mass is 467 g/mol. The lowest BCUT2D eigenvalue weighted by Crippen LogP contribution is -2.07. The molecular weight excluding hydrogens is 438 g/mol. The highest BCUT2D eigenvalue weighted by Gasteiger charge is 2.36. The zero-order chi connectivity index (χ0) is 21.7. The van der Waals surface area contributed by atoms with Gasteiger partial charge < -0.3 is 5.32 Å². The van der Waals surface area contributed by atoms with Crippen LogP contribution in [0.15, 0.2) is 35.4 Å². The molecule has 1 aromatic carbocycles. The molecular formula is C24H29N5OS2. The third-order valence-electron chi connectivity index (χ3n) is 6.93. The van der Waals surface area contributed by atoms with Crippen LogP contribution in [0.1, 0.15) is 80.3 Å². The van der Waals surface area contributed by atoms with Crippen LogP contribution < -0.4 is 5.32 Å². The summed E-state index contributed by atoms with van der Waals surface area (Å²) in [5, 5.41) is 12.0. The number of anilines is 2. The third kappa shape index (κ3) is 3.99. The van der Waals surface area contributed by atoms with Crippen LogP contribution in [0.25, 0.3) is 10.4 Å². The van der Waals surface area contributed by atoms with E-state index >= 15 is 0 Å². The summed E-state index contributed by atoms with van der Waals surface area (Å²) < 4.78 is 22.3. The van der Waals surface area contributed by atoms with Gasteiger partial charge in [-0.25, -0.2) is 14.0 Å². The molecule has 1 atom stereocenters. The van der Waals surface area contributed by atoms with Crippen molar-refractivity contribution in [2.24, 2.45) is 0 Å². The zero-order valence-corrected chi connectivity index (χ0v) is 19.7. The van der Waals surface area contributed by atoms with Crippen molar-refractivity contribution in [3.8, 4) is 10.4 Å². The van der Waals surface area contributed by atoms with E-state index in [-0.39, 0.29) is 5.25 Å². The Morgan fingerprint density at radius 3 is 2.59 bits per heavy atom. The van der Waals surface area contributed by atoms with E-state index < -0.39 is 9.73 Å². The standard InChI is InChI=1S/C24H29N5OS2/c25-32(30,18-9-10-18)22-12-17(27-23-13-20(28-29-23)15-6-7-15)8-11-19(22)21-14-26-24(31-21)16-4-2-1-3-5-16/h8,11-16,18,25H,1-7,9-10H2,(H2,27,28,29). The van der Waals surface area contributed by atoms with Gasteiger partial charge in [-0.05, 0) is 50.7 Å². The van der Waals surface area contributed by atoms with Crippen LogP contribution in [-0.2, 0) is 9.73 Å². The molecule has 0 amide bonds. The van der Waals surface area contributed by atoms with Crippen molar-refractivity contribution in [3.05, 3.63) is 41.2 Å². The summed E-state index contributed by atoms with van der Waals surface area (Å²) in [6.45, 7) is 0. The Kier molecular flexibility index (Phi) is 5.10. The first-order chi connectivity index (χ1) is 15.6. The van der Waals surface area contributed by atoms with Crippen LogP contribution >= 0.6 is 11.3 Å². The highest BCUT2D eigenvalue weighted by Crippen LogP contribution is 2.44. The average Bonchev–Trinajstić information content (AvgIpc) is 3.75. The van der Waals surface area contributed by atoms with E-state index in [1.807, 2.05) is 24.4 Å². The topological polar surface area (TPSA) is 94.5 Å². The fourth-order valence-corrected chi connectivity index (χ4v) is 7.89. The van der Waals surface area contributed by atoms with Gasteiger partial charge in [-0.1, -0.05) is 25.3 Å². The van der Waals surface area contributed by atoms with Crippen molar-refractivity contribution in [2.75, 3.05) is 5.32 Å². The molecule has 0 bridgehead atoms. The fraction of sp³-hybridized carbons (Fsp3) is 0.500. The Morgan fingerprint density at radius 2 is 1.84 bits per heavy atom. The molecule has 3 aliphatic carbocycles. The van der Waals surface area contributed by atoms with E-state index in [1.54, 1.807) is 11.3 Å². The lowest BCUT2D eigenvalue weighted by molar-refractivity contribution is 0.442. The number of H-pyrrole nitrogens is 1. The number of hydrogen-bond acceptors (Lipinski definition) is 6. The van der Waals surface area contributed by atoms with E-state index in [0.717, 1.165) is 34.8 Å². The van der Waals surface area contributed by atoms with Gasteiger partial charge in [-0.3, -0.25) is 5.10 Å². The number of rotatable bonds is 7. The van der Waals surface area contributed by atoms with Crippen molar-refractivity contribution in [3.63, 3.8) is 0 Å². The number of aromatic amines is 1. The first-order valence-corrected chi connectivity index (χ1v) is 14.2. The van der Waals surface area contributed by atoms with Crippen LogP contribution in [0.4, 0.5) is 11.5 Å². The molecule has 8 heteroatoms. The maximum Gasteiger partial charge on any atom is 0.152 e. The zero-order valence-electron chi connectivity index (χ0n) is 18.1. The molecule has 3 saturated carbocycles. The maximum atomic E-state index is 13.6. The van der Waals surface area contributed by atoms with Crippen molar-refractivity contribution in [1.29, 1.82) is 4.78 Å². The lowest BCUT2D eigenvalue weighted by Gasteiger charge is -2.19. The molecule has 2 aromatic heterocycles. The Labute approximate surface area is 193 Å². The first kappa shape index (κ1) is 20.4. The van der Waals surface area contributed by atoms with Crippen LogP contribution in [-0.4, -0.2) is 24.6 Å². The summed E-state index contributed by atoms with van der Waals surface area (Å²) in [4.78, 5) is 6.42. The molecule has 3 aromatic rings. The largest absolute Gasteiger partial charge is 0.339 e. The van der Waals surface area contributed by atoms with Gasteiger partial charge in [0.15, 0.2) is 5.82 Å². The quantitative estimate of drug-likeness (QED) is 0.357. The molecule has 0 spiro atoms. The van der Waals surface area contributed by atoms with Gasteiger partial charge in [0.05, 0.1) is 24.5 Å². The minimum absolute atomic E-state index is 0.0333. The Hall–Kier alpha value is -2.19. The molecule has 3 N–H and O–H groups in total. The van der Waals surface area contributed by atoms with Gasteiger partial charge in [0.25, 0.3) is 0 Å².